The molecule has 0 aliphatic heterocycles. The van der Waals surface area contributed by atoms with Crippen LogP contribution in [0.5, 0.6) is 0 Å². The van der Waals surface area contributed by atoms with E-state index in [1.54, 1.807) is 0 Å². The molecule has 0 radical (unpaired) electrons. The average Bonchev–Trinajstić information content (AvgIpc) is 3.20. The molecule has 114 valence electrons. The van der Waals surface area contributed by atoms with Crippen LogP contribution >= 0.6 is 0 Å². The summed E-state index contributed by atoms with van der Waals surface area (Å²) < 4.78 is 5.38. The second-order valence-corrected chi connectivity index (χ2v) is 6.98. The fourth-order valence-electron chi connectivity index (χ4n) is 3.74. The molecule has 0 aromatic carbocycles. The minimum absolute atomic E-state index is 0.113. The molecule has 4 rings (SSSR count). The Bertz CT molecular complexity index is 511. The van der Waals surface area contributed by atoms with E-state index in [1.165, 1.54) is 38.5 Å². The highest BCUT2D eigenvalue weighted by Gasteiger charge is 2.37. The number of nitrogens with zero attached hydrogens (tertiary/aromatic N) is 2. The fraction of sp³-hybridized carbons (Fsp3) is 0.765. The second-order valence-electron chi connectivity index (χ2n) is 6.98. The van der Waals surface area contributed by atoms with Gasteiger partial charge in [-0.25, -0.2) is 0 Å². The summed E-state index contributed by atoms with van der Waals surface area (Å²) in [6, 6.07) is 2.77. The number of hydrogen-bond acceptors (Lipinski definition) is 3. The first kappa shape index (κ1) is 13.4. The molecule has 3 aliphatic rings. The zero-order valence-electron chi connectivity index (χ0n) is 12.6. The molecule has 0 unspecified atom stereocenters. The van der Waals surface area contributed by atoms with Gasteiger partial charge < -0.3 is 9.42 Å². The lowest BCUT2D eigenvalue weighted by Crippen LogP contribution is -2.50. The van der Waals surface area contributed by atoms with E-state index in [2.05, 4.69) is 10.1 Å². The summed E-state index contributed by atoms with van der Waals surface area (Å²) in [6.07, 6.45) is 12.1. The van der Waals surface area contributed by atoms with E-state index in [0.29, 0.717) is 23.7 Å². The van der Waals surface area contributed by atoms with E-state index < -0.39 is 0 Å². The quantitative estimate of drug-likeness (QED) is 0.844. The molecule has 3 saturated carbocycles. The largest absolute Gasteiger partial charge is 0.360 e. The Balaban J connectivity index is 1.54. The Morgan fingerprint density at radius 1 is 1.00 bits per heavy atom. The van der Waals surface area contributed by atoms with Gasteiger partial charge in [-0.1, -0.05) is 24.4 Å². The van der Waals surface area contributed by atoms with Gasteiger partial charge in [-0.2, -0.15) is 0 Å². The summed E-state index contributed by atoms with van der Waals surface area (Å²) >= 11 is 0. The maximum atomic E-state index is 12.9. The highest BCUT2D eigenvalue weighted by molar-refractivity contribution is 5.92. The minimum Gasteiger partial charge on any atom is -0.360 e. The fourth-order valence-corrected chi connectivity index (χ4v) is 3.74. The van der Waals surface area contributed by atoms with Gasteiger partial charge in [-0.15, -0.1) is 0 Å². The molecule has 0 spiro atoms. The van der Waals surface area contributed by atoms with Crippen LogP contribution in [0.25, 0.3) is 0 Å². The SMILES string of the molecule is O=C(c1cc(C2CC2)on1)N(C1CCCCC1)C1CCC1. The Morgan fingerprint density at radius 2 is 1.67 bits per heavy atom. The van der Waals surface area contributed by atoms with Crippen molar-refractivity contribution in [3.8, 4) is 0 Å². The van der Waals surface area contributed by atoms with E-state index in [9.17, 15) is 4.79 Å². The highest BCUT2D eigenvalue weighted by Crippen LogP contribution is 2.40. The molecular weight excluding hydrogens is 264 g/mol. The van der Waals surface area contributed by atoms with Crippen LogP contribution in [0.1, 0.15) is 86.4 Å². The van der Waals surface area contributed by atoms with Crippen molar-refractivity contribution in [3.63, 3.8) is 0 Å². The van der Waals surface area contributed by atoms with Gasteiger partial charge in [-0.05, 0) is 44.9 Å². The van der Waals surface area contributed by atoms with E-state index >= 15 is 0 Å². The number of rotatable bonds is 4. The third-order valence-corrected chi connectivity index (χ3v) is 5.40. The smallest absolute Gasteiger partial charge is 0.276 e. The van der Waals surface area contributed by atoms with Crippen LogP contribution in [0.3, 0.4) is 0 Å². The monoisotopic (exact) mass is 288 g/mol. The maximum Gasteiger partial charge on any atom is 0.276 e. The molecule has 21 heavy (non-hydrogen) atoms. The predicted octanol–water partition coefficient (Wildman–Crippen LogP) is 3.88. The lowest BCUT2D eigenvalue weighted by molar-refractivity contribution is 0.0361. The van der Waals surface area contributed by atoms with Crippen LogP contribution < -0.4 is 0 Å². The van der Waals surface area contributed by atoms with Gasteiger partial charge in [-0.3, -0.25) is 4.79 Å². The normalized spacial score (nSPS) is 23.8. The molecule has 1 aromatic heterocycles. The Kier molecular flexibility index (Phi) is 3.48. The zero-order valence-corrected chi connectivity index (χ0v) is 12.6. The van der Waals surface area contributed by atoms with Gasteiger partial charge in [0.05, 0.1) is 0 Å². The Labute approximate surface area is 125 Å². The van der Waals surface area contributed by atoms with Gasteiger partial charge in [0.1, 0.15) is 5.76 Å². The van der Waals surface area contributed by atoms with Crippen LogP contribution in [-0.4, -0.2) is 28.0 Å². The third kappa shape index (κ3) is 2.60. The molecular formula is C17H24N2O2. The number of aromatic nitrogens is 1. The van der Waals surface area contributed by atoms with Gasteiger partial charge in [0.2, 0.25) is 0 Å². The van der Waals surface area contributed by atoms with Crippen molar-refractivity contribution in [3.05, 3.63) is 17.5 Å². The van der Waals surface area contributed by atoms with Crippen molar-refractivity contribution in [2.45, 2.75) is 82.2 Å². The Hall–Kier alpha value is -1.32. The first-order valence-corrected chi connectivity index (χ1v) is 8.62. The molecule has 3 aliphatic carbocycles. The van der Waals surface area contributed by atoms with Crippen molar-refractivity contribution in [1.82, 2.24) is 10.1 Å². The summed E-state index contributed by atoms with van der Waals surface area (Å²) in [5.74, 6) is 1.55. The lowest BCUT2D eigenvalue weighted by atomic mass is 9.86. The molecule has 0 bridgehead atoms. The molecule has 0 N–H and O–H groups in total. The molecule has 0 saturated heterocycles. The number of amides is 1. The molecule has 1 amide bonds. The summed E-state index contributed by atoms with van der Waals surface area (Å²) in [5, 5.41) is 4.07. The van der Waals surface area contributed by atoms with Gasteiger partial charge in [0, 0.05) is 24.1 Å². The van der Waals surface area contributed by atoms with Crippen molar-refractivity contribution >= 4 is 5.91 Å². The van der Waals surface area contributed by atoms with Crippen LogP contribution in [0, 0.1) is 0 Å². The first-order valence-electron chi connectivity index (χ1n) is 8.62. The van der Waals surface area contributed by atoms with Crippen molar-refractivity contribution in [2.24, 2.45) is 0 Å². The second kappa shape index (κ2) is 5.47. The number of hydrogen-bond donors (Lipinski definition) is 0. The van der Waals surface area contributed by atoms with E-state index in [0.717, 1.165) is 31.4 Å². The molecule has 4 nitrogen and oxygen atoms in total. The maximum absolute atomic E-state index is 12.9. The summed E-state index contributed by atoms with van der Waals surface area (Å²) in [7, 11) is 0. The zero-order chi connectivity index (χ0) is 14.2. The van der Waals surface area contributed by atoms with E-state index in [1.807, 2.05) is 6.07 Å². The summed E-state index contributed by atoms with van der Waals surface area (Å²) in [5.41, 5.74) is 0.536. The first-order chi connectivity index (χ1) is 10.3. The Morgan fingerprint density at radius 3 is 2.24 bits per heavy atom. The average molecular weight is 288 g/mol. The molecule has 0 atom stereocenters. The minimum atomic E-state index is 0.113. The van der Waals surface area contributed by atoms with Gasteiger partial charge >= 0.3 is 0 Å². The highest BCUT2D eigenvalue weighted by atomic mass is 16.5. The summed E-state index contributed by atoms with van der Waals surface area (Å²) in [6.45, 7) is 0. The lowest BCUT2D eigenvalue weighted by Gasteiger charge is -2.43. The molecule has 3 fully saturated rings. The number of carbonyl (C=O) groups excluding carboxylic acids is 1. The third-order valence-electron chi connectivity index (χ3n) is 5.40. The van der Waals surface area contributed by atoms with Crippen LogP contribution in [0.2, 0.25) is 0 Å². The topological polar surface area (TPSA) is 46.3 Å². The van der Waals surface area contributed by atoms with Crippen molar-refractivity contribution < 1.29 is 9.32 Å². The summed E-state index contributed by atoms with van der Waals surface area (Å²) in [4.78, 5) is 15.1. The van der Waals surface area contributed by atoms with E-state index in [4.69, 9.17) is 4.52 Å². The van der Waals surface area contributed by atoms with Crippen LogP contribution in [-0.2, 0) is 0 Å². The molecule has 1 heterocycles. The molecule has 1 aromatic rings. The predicted molar refractivity (Wildman–Crippen MR) is 79.2 cm³/mol. The standard InChI is InChI=1S/C17H24N2O2/c20-17(15-11-16(21-18-15)12-9-10-12)19(14-7-4-8-14)13-5-2-1-3-6-13/h11-14H,1-10H2. The van der Waals surface area contributed by atoms with Crippen molar-refractivity contribution in [1.29, 1.82) is 0 Å². The van der Waals surface area contributed by atoms with Crippen molar-refractivity contribution in [2.75, 3.05) is 0 Å². The van der Waals surface area contributed by atoms with Gasteiger partial charge in [0.25, 0.3) is 5.91 Å². The van der Waals surface area contributed by atoms with Crippen LogP contribution in [0.15, 0.2) is 10.6 Å². The van der Waals surface area contributed by atoms with E-state index in [-0.39, 0.29) is 5.91 Å². The van der Waals surface area contributed by atoms with Crippen LogP contribution in [0.4, 0.5) is 0 Å². The molecule has 4 heteroatoms. The number of carbonyl (C=O) groups is 1. The van der Waals surface area contributed by atoms with Gasteiger partial charge in [0.15, 0.2) is 5.69 Å².